The molecule has 0 aliphatic carbocycles. The van der Waals surface area contributed by atoms with Crippen LogP contribution in [-0.2, 0) is 0 Å². The van der Waals surface area contributed by atoms with Gasteiger partial charge in [-0.05, 0) is 19.2 Å². The zero-order valence-corrected chi connectivity index (χ0v) is 10.1. The number of amides is 1. The Morgan fingerprint density at radius 1 is 1.22 bits per heavy atom. The molecule has 0 aliphatic rings. The van der Waals surface area contributed by atoms with Gasteiger partial charge in [0.25, 0.3) is 5.91 Å². The number of carbonyl (C=O) groups excluding carboxylic acids is 1. The number of para-hydroxylation sites is 1. The molecule has 0 radical (unpaired) electrons. The van der Waals surface area contributed by atoms with Crippen LogP contribution in [0, 0.1) is 0 Å². The summed E-state index contributed by atoms with van der Waals surface area (Å²) in [6.07, 6.45) is 3.16. The highest BCUT2D eigenvalue weighted by Gasteiger charge is 2.12. The molecular formula is C12H15N5O. The van der Waals surface area contributed by atoms with Gasteiger partial charge in [-0.3, -0.25) is 4.79 Å². The Morgan fingerprint density at radius 3 is 2.67 bits per heavy atom. The van der Waals surface area contributed by atoms with Crippen molar-refractivity contribution in [3.05, 3.63) is 42.2 Å². The molecule has 0 spiro atoms. The van der Waals surface area contributed by atoms with Crippen LogP contribution in [0.15, 0.2) is 36.7 Å². The summed E-state index contributed by atoms with van der Waals surface area (Å²) >= 11 is 0. The number of hydrogen-bond acceptors (Lipinski definition) is 4. The Labute approximate surface area is 105 Å². The van der Waals surface area contributed by atoms with Gasteiger partial charge in [-0.1, -0.05) is 12.1 Å². The van der Waals surface area contributed by atoms with Crippen molar-refractivity contribution in [2.75, 3.05) is 20.1 Å². The van der Waals surface area contributed by atoms with E-state index in [0.29, 0.717) is 17.8 Å². The Kier molecular flexibility index (Phi) is 4.03. The third kappa shape index (κ3) is 2.72. The SMILES string of the molecule is CNCCNC(=O)c1ccccc1-n1nccn1. The third-order valence-corrected chi connectivity index (χ3v) is 2.44. The smallest absolute Gasteiger partial charge is 0.253 e. The molecule has 1 aromatic carbocycles. The van der Waals surface area contributed by atoms with E-state index in [9.17, 15) is 4.79 Å². The van der Waals surface area contributed by atoms with E-state index in [-0.39, 0.29) is 5.91 Å². The first-order valence-electron chi connectivity index (χ1n) is 5.71. The quantitative estimate of drug-likeness (QED) is 0.739. The second kappa shape index (κ2) is 5.92. The molecular weight excluding hydrogens is 230 g/mol. The van der Waals surface area contributed by atoms with Crippen LogP contribution in [0.4, 0.5) is 0 Å². The topological polar surface area (TPSA) is 71.8 Å². The van der Waals surface area contributed by atoms with Gasteiger partial charge < -0.3 is 10.6 Å². The van der Waals surface area contributed by atoms with Crippen LogP contribution in [0.25, 0.3) is 5.69 Å². The third-order valence-electron chi connectivity index (χ3n) is 2.44. The predicted octanol–water partition coefficient (Wildman–Crippen LogP) is 0.216. The fraction of sp³-hybridized carbons (Fsp3) is 0.250. The Bertz CT molecular complexity index is 509. The lowest BCUT2D eigenvalue weighted by atomic mass is 10.1. The van der Waals surface area contributed by atoms with Crippen molar-refractivity contribution in [3.63, 3.8) is 0 Å². The Morgan fingerprint density at radius 2 is 1.94 bits per heavy atom. The minimum atomic E-state index is -0.127. The summed E-state index contributed by atoms with van der Waals surface area (Å²) in [5, 5.41) is 13.9. The molecule has 0 bridgehead atoms. The molecule has 1 amide bonds. The molecule has 2 rings (SSSR count). The van der Waals surface area contributed by atoms with Gasteiger partial charge in [0.2, 0.25) is 0 Å². The maximum Gasteiger partial charge on any atom is 0.253 e. The normalized spacial score (nSPS) is 10.3. The van der Waals surface area contributed by atoms with Crippen LogP contribution in [-0.4, -0.2) is 41.0 Å². The van der Waals surface area contributed by atoms with Crippen molar-refractivity contribution in [1.82, 2.24) is 25.6 Å². The van der Waals surface area contributed by atoms with Gasteiger partial charge in [-0.25, -0.2) is 0 Å². The highest BCUT2D eigenvalue weighted by molar-refractivity contribution is 5.97. The summed E-state index contributed by atoms with van der Waals surface area (Å²) in [5.41, 5.74) is 1.23. The number of hydrogen-bond donors (Lipinski definition) is 2. The zero-order chi connectivity index (χ0) is 12.8. The lowest BCUT2D eigenvalue weighted by Crippen LogP contribution is -2.31. The monoisotopic (exact) mass is 245 g/mol. The highest BCUT2D eigenvalue weighted by Crippen LogP contribution is 2.11. The van der Waals surface area contributed by atoms with Crippen LogP contribution < -0.4 is 10.6 Å². The summed E-state index contributed by atoms with van der Waals surface area (Å²) in [5.74, 6) is -0.127. The first kappa shape index (κ1) is 12.3. The number of aromatic nitrogens is 3. The summed E-state index contributed by atoms with van der Waals surface area (Å²) in [6, 6.07) is 7.24. The number of nitrogens with one attached hydrogen (secondary N) is 2. The van der Waals surface area contributed by atoms with Gasteiger partial charge in [-0.15, -0.1) is 0 Å². The molecule has 0 unspecified atom stereocenters. The molecule has 1 aromatic heterocycles. The molecule has 0 fully saturated rings. The number of likely N-dealkylation sites (N-methyl/N-ethyl adjacent to an activating group) is 1. The van der Waals surface area contributed by atoms with Gasteiger partial charge in [-0.2, -0.15) is 15.0 Å². The second-order valence-electron chi connectivity index (χ2n) is 3.70. The van der Waals surface area contributed by atoms with Gasteiger partial charge >= 0.3 is 0 Å². The molecule has 18 heavy (non-hydrogen) atoms. The largest absolute Gasteiger partial charge is 0.351 e. The predicted molar refractivity (Wildman–Crippen MR) is 67.6 cm³/mol. The average molecular weight is 245 g/mol. The number of rotatable bonds is 5. The van der Waals surface area contributed by atoms with Crippen LogP contribution in [0.5, 0.6) is 0 Å². The summed E-state index contributed by atoms with van der Waals surface area (Å²) < 4.78 is 0. The fourth-order valence-electron chi connectivity index (χ4n) is 1.58. The van der Waals surface area contributed by atoms with Crippen molar-refractivity contribution in [2.24, 2.45) is 0 Å². The molecule has 94 valence electrons. The second-order valence-corrected chi connectivity index (χ2v) is 3.70. The molecule has 0 saturated carbocycles. The molecule has 0 aliphatic heterocycles. The van der Waals surface area contributed by atoms with Crippen LogP contribution in [0.2, 0.25) is 0 Å². The van der Waals surface area contributed by atoms with Gasteiger partial charge in [0.05, 0.1) is 23.6 Å². The van der Waals surface area contributed by atoms with Crippen molar-refractivity contribution in [1.29, 1.82) is 0 Å². The fourth-order valence-corrected chi connectivity index (χ4v) is 1.58. The molecule has 0 atom stereocenters. The minimum Gasteiger partial charge on any atom is -0.351 e. The van der Waals surface area contributed by atoms with E-state index in [1.165, 1.54) is 4.80 Å². The van der Waals surface area contributed by atoms with E-state index >= 15 is 0 Å². The molecule has 2 N–H and O–H groups in total. The molecule has 2 aromatic rings. The molecule has 0 saturated heterocycles. The average Bonchev–Trinajstić information content (AvgIpc) is 2.93. The zero-order valence-electron chi connectivity index (χ0n) is 10.1. The summed E-state index contributed by atoms with van der Waals surface area (Å²) in [7, 11) is 1.84. The lowest BCUT2D eigenvalue weighted by Gasteiger charge is -2.08. The standard InChI is InChI=1S/C12H15N5O/c1-13-6-7-14-12(18)10-4-2-3-5-11(10)17-15-8-9-16-17/h2-5,8-9,13H,6-7H2,1H3,(H,14,18). The van der Waals surface area contributed by atoms with Crippen LogP contribution >= 0.6 is 0 Å². The van der Waals surface area contributed by atoms with Gasteiger partial charge in [0.1, 0.15) is 0 Å². The summed E-state index contributed by atoms with van der Waals surface area (Å²) in [4.78, 5) is 13.5. The number of carbonyl (C=O) groups is 1. The van der Waals surface area contributed by atoms with E-state index in [4.69, 9.17) is 0 Å². The lowest BCUT2D eigenvalue weighted by molar-refractivity contribution is 0.0954. The molecule has 6 nitrogen and oxygen atoms in total. The highest BCUT2D eigenvalue weighted by atomic mass is 16.1. The van der Waals surface area contributed by atoms with Crippen molar-refractivity contribution in [2.45, 2.75) is 0 Å². The van der Waals surface area contributed by atoms with E-state index in [2.05, 4.69) is 20.8 Å². The van der Waals surface area contributed by atoms with E-state index in [0.717, 1.165) is 6.54 Å². The first-order chi connectivity index (χ1) is 8.83. The number of nitrogens with zero attached hydrogens (tertiary/aromatic N) is 3. The molecule has 1 heterocycles. The summed E-state index contributed by atoms with van der Waals surface area (Å²) in [6.45, 7) is 1.31. The van der Waals surface area contributed by atoms with Gasteiger partial charge in [0.15, 0.2) is 0 Å². The van der Waals surface area contributed by atoms with Crippen LogP contribution in [0.1, 0.15) is 10.4 Å². The van der Waals surface area contributed by atoms with Crippen LogP contribution in [0.3, 0.4) is 0 Å². The van der Waals surface area contributed by atoms with Crippen molar-refractivity contribution >= 4 is 5.91 Å². The van der Waals surface area contributed by atoms with Crippen molar-refractivity contribution in [3.8, 4) is 5.69 Å². The maximum absolute atomic E-state index is 12.0. The van der Waals surface area contributed by atoms with E-state index < -0.39 is 0 Å². The first-order valence-corrected chi connectivity index (χ1v) is 5.71. The van der Waals surface area contributed by atoms with Gasteiger partial charge in [0, 0.05) is 13.1 Å². The maximum atomic E-state index is 12.0. The van der Waals surface area contributed by atoms with E-state index in [1.54, 1.807) is 18.5 Å². The Hall–Kier alpha value is -2.21. The van der Waals surface area contributed by atoms with E-state index in [1.807, 2.05) is 25.2 Å². The molecule has 6 heteroatoms. The number of benzene rings is 1. The Balaban J connectivity index is 2.20. The van der Waals surface area contributed by atoms with Crippen molar-refractivity contribution < 1.29 is 4.79 Å². The minimum absolute atomic E-state index is 0.127.